The predicted octanol–water partition coefficient (Wildman–Crippen LogP) is 11.4. The Morgan fingerprint density at radius 3 is 1.39 bits per heavy atom. The van der Waals surface area contributed by atoms with E-state index in [0.717, 1.165) is 0 Å². The molecule has 10 aromatic rings. The monoisotopic (exact) mass is 635 g/mol. The van der Waals surface area contributed by atoms with Crippen LogP contribution >= 0.6 is 0 Å². The first-order valence-corrected chi connectivity index (χ1v) is 15.2. The van der Waals surface area contributed by atoms with Crippen molar-refractivity contribution in [1.29, 1.82) is 5.26 Å². The quantitative estimate of drug-likeness (QED) is 0.178. The Morgan fingerprint density at radius 1 is 0.510 bits per heavy atom. The van der Waals surface area contributed by atoms with Crippen LogP contribution in [0.25, 0.3) is 87.3 Å². The number of hydrogen-bond donors (Lipinski definition) is 0. The van der Waals surface area contributed by atoms with E-state index in [-0.39, 0.29) is 79.1 Å². The molecule has 0 aliphatic rings. The van der Waals surface area contributed by atoms with Crippen LogP contribution in [0.3, 0.4) is 0 Å². The molecule has 0 fully saturated rings. The fraction of sp³-hybridized carbons (Fsp3) is 0. The van der Waals surface area contributed by atoms with Gasteiger partial charge in [0.05, 0.1) is 78.7 Å². The van der Waals surface area contributed by atoms with E-state index in [1.165, 1.54) is 19.8 Å². The van der Waals surface area contributed by atoms with Crippen molar-refractivity contribution in [2.45, 2.75) is 0 Å². The predicted molar refractivity (Wildman–Crippen MR) is 200 cm³/mol. The molecule has 5 nitrogen and oxygen atoms in total. The van der Waals surface area contributed by atoms with E-state index in [1.807, 2.05) is 0 Å². The molecule has 3 aromatic heterocycles. The summed E-state index contributed by atoms with van der Waals surface area (Å²) < 4.78 is 111. The van der Waals surface area contributed by atoms with E-state index in [1.54, 1.807) is 72.8 Å². The van der Waals surface area contributed by atoms with E-state index in [2.05, 4.69) is 10.9 Å². The van der Waals surface area contributed by atoms with Crippen LogP contribution in [0, 0.1) is 17.9 Å². The number of nitrogens with zero attached hydrogens (tertiary/aromatic N) is 5. The summed E-state index contributed by atoms with van der Waals surface area (Å²) >= 11 is 0. The molecule has 0 N–H and O–H groups in total. The summed E-state index contributed by atoms with van der Waals surface area (Å²) in [6, 6.07) is 18.9. The highest BCUT2D eigenvalue weighted by Gasteiger charge is 2.28. The van der Waals surface area contributed by atoms with Gasteiger partial charge in [0.15, 0.2) is 0 Å². The van der Waals surface area contributed by atoms with Gasteiger partial charge in [0, 0.05) is 32.3 Å². The number of fused-ring (bicyclic) bond motifs is 9. The lowest BCUT2D eigenvalue weighted by Gasteiger charge is -2.21. The highest BCUT2D eigenvalue weighted by atomic mass is 15.1. The topological polar surface area (TPSA) is 42.9 Å². The molecule has 0 spiro atoms. The standard InChI is InChI=1S/C44H25N5/c1-46-43-42(48-37-22-10-4-16-30(37)31-17-5-11-23-38(31)48)26-41(47-35-20-8-2-14-28(35)29-15-3-9-21-36(29)47)34(27-45)44(43)49-39-24-12-6-18-32(39)33-19-7-13-25-40(33)49/h2-26H/i2D,4D,6D,8D,10D,12D,14D,16D,18D,20D,22D,24D. The zero-order chi connectivity index (χ0) is 43.1. The lowest BCUT2D eigenvalue weighted by Crippen LogP contribution is -2.08. The number of aromatic nitrogens is 3. The molecule has 0 atom stereocenters. The summed E-state index contributed by atoms with van der Waals surface area (Å²) in [4.78, 5) is 4.05. The van der Waals surface area contributed by atoms with Crippen LogP contribution < -0.4 is 0 Å². The summed E-state index contributed by atoms with van der Waals surface area (Å²) in [5, 5.41) is 13.2. The van der Waals surface area contributed by atoms with Crippen LogP contribution in [0.5, 0.6) is 0 Å². The second-order valence-electron chi connectivity index (χ2n) is 11.4. The van der Waals surface area contributed by atoms with Gasteiger partial charge in [-0.3, -0.25) is 0 Å². The van der Waals surface area contributed by atoms with Gasteiger partial charge < -0.3 is 13.7 Å². The lowest BCUT2D eigenvalue weighted by molar-refractivity contribution is 1.09. The minimum absolute atomic E-state index is 0.0180. The number of nitriles is 1. The minimum atomic E-state index is -0.558. The molecule has 3 heterocycles. The SMILES string of the molecule is [2H]c1c([2H])c([2H])c2c(c1[2H])c1ccccc1n2-c1cc(-n2c3ccccc3c3c([2H])c([2H])c([2H])c([2H])c32)c([N+]#[C-])c(-n2c3ccccc3c3c([2H])c([2H])c([2H])c([2H])c32)c1C#N. The maximum atomic E-state index is 11.5. The molecule has 0 unspecified atom stereocenters. The summed E-state index contributed by atoms with van der Waals surface area (Å²) in [6.07, 6.45) is 0. The Balaban J connectivity index is 1.55. The van der Waals surface area contributed by atoms with Crippen LogP contribution in [-0.4, -0.2) is 13.7 Å². The van der Waals surface area contributed by atoms with Crippen LogP contribution in [0.1, 0.15) is 22.0 Å². The molecule has 0 saturated carbocycles. The van der Waals surface area contributed by atoms with Gasteiger partial charge in [0.1, 0.15) is 6.07 Å². The average Bonchev–Trinajstić information content (AvgIpc) is 3.93. The molecule has 10 rings (SSSR count). The molecule has 0 aliphatic heterocycles. The zero-order valence-corrected chi connectivity index (χ0v) is 25.2. The van der Waals surface area contributed by atoms with E-state index < -0.39 is 54.4 Å². The second-order valence-corrected chi connectivity index (χ2v) is 11.4. The molecule has 0 radical (unpaired) electrons. The Hall–Kier alpha value is -7.08. The fourth-order valence-electron chi connectivity index (χ4n) is 7.16. The summed E-state index contributed by atoms with van der Waals surface area (Å²) in [5.41, 5.74) is 0.591. The van der Waals surface area contributed by atoms with Crippen molar-refractivity contribution >= 4 is 71.1 Å². The molecule has 49 heavy (non-hydrogen) atoms. The third-order valence-corrected chi connectivity index (χ3v) is 9.08. The van der Waals surface area contributed by atoms with Crippen molar-refractivity contribution in [3.05, 3.63) is 168 Å². The Morgan fingerprint density at radius 2 is 0.918 bits per heavy atom. The van der Waals surface area contributed by atoms with Crippen molar-refractivity contribution in [3.63, 3.8) is 0 Å². The van der Waals surface area contributed by atoms with Crippen LogP contribution in [0.4, 0.5) is 5.69 Å². The average molecular weight is 636 g/mol. The number of benzene rings is 7. The Kier molecular flexibility index (Phi) is 3.69. The van der Waals surface area contributed by atoms with Crippen LogP contribution in [0.15, 0.2) is 151 Å². The van der Waals surface area contributed by atoms with Crippen molar-refractivity contribution < 1.29 is 16.4 Å². The van der Waals surface area contributed by atoms with E-state index in [9.17, 15) is 9.37 Å². The van der Waals surface area contributed by atoms with E-state index in [0.29, 0.717) is 32.7 Å². The maximum Gasteiger partial charge on any atom is 0.235 e. The highest BCUT2D eigenvalue weighted by molar-refractivity contribution is 6.13. The number of hydrogen-bond acceptors (Lipinski definition) is 1. The normalized spacial score (nSPS) is 15.1. The van der Waals surface area contributed by atoms with Crippen LogP contribution in [-0.2, 0) is 0 Å². The Bertz CT molecular complexity index is 3600. The van der Waals surface area contributed by atoms with Gasteiger partial charge in [-0.25, -0.2) is 4.85 Å². The maximum absolute atomic E-state index is 11.5. The summed E-state index contributed by atoms with van der Waals surface area (Å²) in [5.74, 6) is 0. The fourth-order valence-corrected chi connectivity index (χ4v) is 7.16. The van der Waals surface area contributed by atoms with E-state index >= 15 is 0 Å². The summed E-state index contributed by atoms with van der Waals surface area (Å²) in [7, 11) is 0. The molecule has 0 bridgehead atoms. The second kappa shape index (κ2) is 10.2. The number of para-hydroxylation sites is 6. The molecule has 0 saturated heterocycles. The van der Waals surface area contributed by atoms with Crippen LogP contribution in [0.2, 0.25) is 0 Å². The third-order valence-electron chi connectivity index (χ3n) is 9.08. The molecule has 0 aliphatic carbocycles. The molecular weight excluding hydrogens is 599 g/mol. The smallest absolute Gasteiger partial charge is 0.235 e. The van der Waals surface area contributed by atoms with Crippen molar-refractivity contribution in [3.8, 4) is 23.1 Å². The first kappa shape index (κ1) is 17.7. The van der Waals surface area contributed by atoms with Gasteiger partial charge in [0.2, 0.25) is 5.69 Å². The molecule has 0 amide bonds. The molecule has 7 aromatic carbocycles. The van der Waals surface area contributed by atoms with Crippen molar-refractivity contribution in [2.24, 2.45) is 0 Å². The first-order chi connectivity index (χ1) is 29.3. The van der Waals surface area contributed by atoms with Crippen molar-refractivity contribution in [2.75, 3.05) is 0 Å². The Labute approximate surface area is 298 Å². The highest BCUT2D eigenvalue weighted by Crippen LogP contribution is 2.46. The first-order valence-electron chi connectivity index (χ1n) is 21.2. The van der Waals surface area contributed by atoms with Gasteiger partial charge in [-0.2, -0.15) is 5.26 Å². The minimum Gasteiger partial charge on any atom is -0.319 e. The lowest BCUT2D eigenvalue weighted by atomic mass is 10.1. The number of rotatable bonds is 3. The van der Waals surface area contributed by atoms with Gasteiger partial charge in [-0.05, 0) is 42.4 Å². The molecule has 226 valence electrons. The van der Waals surface area contributed by atoms with Gasteiger partial charge in [-0.15, -0.1) is 0 Å². The third kappa shape index (κ3) is 3.62. The van der Waals surface area contributed by atoms with E-state index in [4.69, 9.17) is 18.9 Å². The summed E-state index contributed by atoms with van der Waals surface area (Å²) in [6.45, 7) is 8.88. The van der Waals surface area contributed by atoms with Crippen molar-refractivity contribution in [1.82, 2.24) is 13.7 Å². The van der Waals surface area contributed by atoms with Gasteiger partial charge in [-0.1, -0.05) is 109 Å². The largest absolute Gasteiger partial charge is 0.319 e. The van der Waals surface area contributed by atoms with Gasteiger partial charge >= 0.3 is 0 Å². The molecular formula is C44H25N5. The molecule has 5 heteroatoms. The zero-order valence-electron chi connectivity index (χ0n) is 37.2. The van der Waals surface area contributed by atoms with Gasteiger partial charge in [0.25, 0.3) is 0 Å².